The van der Waals surface area contributed by atoms with Crippen LogP contribution in [0.25, 0.3) is 11.2 Å². The highest BCUT2D eigenvalue weighted by Crippen LogP contribution is 2.71. The van der Waals surface area contributed by atoms with Gasteiger partial charge in [-0.2, -0.15) is 9.42 Å². The van der Waals surface area contributed by atoms with Crippen molar-refractivity contribution in [1.82, 2.24) is 24.2 Å². The van der Waals surface area contributed by atoms with Gasteiger partial charge in [0.2, 0.25) is 8.07 Å². The van der Waals surface area contributed by atoms with Crippen LogP contribution in [-0.4, -0.2) is 88.2 Å². The van der Waals surface area contributed by atoms with Crippen LogP contribution in [0.3, 0.4) is 0 Å². The van der Waals surface area contributed by atoms with Crippen LogP contribution in [0.4, 0.5) is 5.82 Å². The molecule has 4 atom stereocenters. The second-order valence-corrected chi connectivity index (χ2v) is 26.8. The fraction of sp³-hybridized carbons (Fsp3) is 0.231. The lowest BCUT2D eigenvalue weighted by Gasteiger charge is -2.43. The molecular formula is C65H68N6O7PSi+. The molecule has 15 heteroatoms. The van der Waals surface area contributed by atoms with Crippen LogP contribution in [0.1, 0.15) is 74.3 Å². The van der Waals surface area contributed by atoms with E-state index in [-0.39, 0.29) is 36.8 Å². The number of fused-ring (bicyclic) bond motifs is 1. The number of benzene rings is 7. The fourth-order valence-corrected chi connectivity index (χ4v) is 22.1. The Labute approximate surface area is 470 Å². The molecule has 2 aromatic heterocycles. The highest BCUT2D eigenvalue weighted by molar-refractivity contribution is 7.72. The molecule has 1 unspecified atom stereocenters. The van der Waals surface area contributed by atoms with Crippen molar-refractivity contribution in [2.45, 2.75) is 77.2 Å². The molecule has 3 heterocycles. The maximum absolute atomic E-state index is 14.8. The first-order chi connectivity index (χ1) is 39.0. The summed E-state index contributed by atoms with van der Waals surface area (Å²) in [6, 6.07) is 66.4. The lowest BCUT2D eigenvalue weighted by molar-refractivity contribution is -0.0913. The number of anilines is 1. The van der Waals surface area contributed by atoms with Crippen molar-refractivity contribution >= 4 is 54.4 Å². The van der Waals surface area contributed by atoms with Crippen molar-refractivity contribution in [1.29, 1.82) is 0 Å². The lowest BCUT2D eigenvalue weighted by atomic mass is 9.80. The molecule has 408 valence electrons. The summed E-state index contributed by atoms with van der Waals surface area (Å²) in [6.45, 7) is 10.5. The number of carbonyl (C=O) groups excluding carboxylic acids is 1. The van der Waals surface area contributed by atoms with Gasteiger partial charge >= 0.3 is 7.87 Å². The van der Waals surface area contributed by atoms with Gasteiger partial charge in [0.1, 0.15) is 46.8 Å². The summed E-state index contributed by atoms with van der Waals surface area (Å²) in [5, 5.41) is 6.27. The third-order valence-electron chi connectivity index (χ3n) is 15.0. The molecular weight excluding hydrogens is 1040 g/mol. The highest BCUT2D eigenvalue weighted by atomic mass is 31.2. The summed E-state index contributed by atoms with van der Waals surface area (Å²) in [6.07, 6.45) is 3.09. The lowest BCUT2D eigenvalue weighted by Crippen LogP contribution is -2.69. The molecule has 1 amide bonds. The molecule has 0 radical (unpaired) electrons. The average molecular weight is 1100 g/mol. The molecule has 1 fully saturated rings. The normalized spacial score (nSPS) is 16.7. The minimum atomic E-state index is -3.97. The van der Waals surface area contributed by atoms with Gasteiger partial charge in [0.25, 0.3) is 5.91 Å². The number of nitrogens with zero attached hydrogens (tertiary/aromatic N) is 5. The van der Waals surface area contributed by atoms with Crippen molar-refractivity contribution < 1.29 is 33.2 Å². The second kappa shape index (κ2) is 24.4. The zero-order chi connectivity index (χ0) is 55.9. The number of ether oxygens (including phenoxy) is 4. The number of hydrogen-bond acceptors (Lipinski definition) is 11. The number of allylic oxidation sites excluding steroid dienone is 1. The molecule has 9 aromatic rings. The van der Waals surface area contributed by atoms with E-state index < -0.39 is 40.0 Å². The molecule has 0 saturated carbocycles. The molecule has 13 nitrogen and oxygen atoms in total. The second-order valence-electron chi connectivity index (χ2n) is 20.3. The predicted octanol–water partition coefficient (Wildman–Crippen LogP) is 11.3. The van der Waals surface area contributed by atoms with Crippen LogP contribution in [0, 0.1) is 0 Å². The Kier molecular flexibility index (Phi) is 17.0. The smallest absolute Gasteiger partial charge is 0.373 e. The number of aromatic nitrogens is 4. The molecule has 7 aromatic carbocycles. The van der Waals surface area contributed by atoms with E-state index in [4.69, 9.17) is 33.4 Å². The molecule has 1 saturated heterocycles. The van der Waals surface area contributed by atoms with Gasteiger partial charge in [0.05, 0.1) is 27.2 Å². The number of imidazole rings is 1. The van der Waals surface area contributed by atoms with Gasteiger partial charge in [-0.05, 0) is 109 Å². The summed E-state index contributed by atoms with van der Waals surface area (Å²) < 4.78 is 38.4. The zero-order valence-corrected chi connectivity index (χ0v) is 48.1. The van der Waals surface area contributed by atoms with Gasteiger partial charge < -0.3 is 24.3 Å². The molecule has 1 aliphatic rings. The van der Waals surface area contributed by atoms with Crippen LogP contribution in [0.5, 0.6) is 11.5 Å². The largest absolute Gasteiger partial charge is 0.497 e. The van der Waals surface area contributed by atoms with E-state index in [9.17, 15) is 9.69 Å². The van der Waals surface area contributed by atoms with E-state index >= 15 is 0 Å². The first kappa shape index (κ1) is 55.7. The number of rotatable bonds is 21. The highest BCUT2D eigenvalue weighted by Gasteiger charge is 2.65. The molecule has 80 heavy (non-hydrogen) atoms. The Morgan fingerprint density at radius 1 is 0.700 bits per heavy atom. The SMILES string of the molecule is CC=C([Si](c1ccccc1)(c1ccccc1)c1ccccc1)[P+](O)(O[C@H]1C[C@H](n2cnc3c(NC(=O)c4ccccc4)ncnc32)O[C@@H]1COC(c1ccccc1)(c1ccc(OC)cc1)c1ccc(OC)cc1)N(C(C)C)C(C)C. The van der Waals surface area contributed by atoms with Crippen LogP contribution in [0.15, 0.2) is 224 Å². The van der Waals surface area contributed by atoms with Gasteiger partial charge in [-0.25, -0.2) is 15.0 Å². The quantitative estimate of drug-likeness (QED) is 0.0403. The Balaban J connectivity index is 1.15. The maximum atomic E-state index is 14.8. The summed E-state index contributed by atoms with van der Waals surface area (Å²) in [7, 11) is -4.12. The number of amides is 1. The van der Waals surface area contributed by atoms with Crippen LogP contribution in [-0.2, 0) is 19.6 Å². The Hall–Kier alpha value is -7.65. The monoisotopic (exact) mass is 1100 g/mol. The van der Waals surface area contributed by atoms with Crippen molar-refractivity contribution in [3.8, 4) is 11.5 Å². The summed E-state index contributed by atoms with van der Waals surface area (Å²) in [5.41, 5.74) is 2.65. The van der Waals surface area contributed by atoms with Gasteiger partial charge in [0, 0.05) is 24.1 Å². The maximum Gasteiger partial charge on any atom is 0.373 e. The molecule has 0 spiro atoms. The van der Waals surface area contributed by atoms with Crippen LogP contribution in [0.2, 0.25) is 0 Å². The van der Waals surface area contributed by atoms with E-state index in [0.717, 1.165) is 37.2 Å². The van der Waals surface area contributed by atoms with Gasteiger partial charge in [-0.3, -0.25) is 9.36 Å². The third kappa shape index (κ3) is 10.6. The topological polar surface area (TPSA) is 142 Å². The molecule has 0 bridgehead atoms. The van der Waals surface area contributed by atoms with Crippen molar-refractivity contribution in [2.24, 2.45) is 0 Å². The first-order valence-corrected chi connectivity index (χ1v) is 30.7. The minimum Gasteiger partial charge on any atom is -0.497 e. The zero-order valence-electron chi connectivity index (χ0n) is 46.2. The fourth-order valence-electron chi connectivity index (χ4n) is 11.6. The van der Waals surface area contributed by atoms with Gasteiger partial charge in [0.15, 0.2) is 17.0 Å². The molecule has 2 N–H and O–H groups in total. The van der Waals surface area contributed by atoms with E-state index in [1.165, 1.54) is 6.33 Å². The van der Waals surface area contributed by atoms with Gasteiger partial charge in [-0.15, -0.1) is 4.67 Å². The predicted molar refractivity (Wildman–Crippen MR) is 320 cm³/mol. The van der Waals surface area contributed by atoms with E-state index in [1.807, 2.05) is 115 Å². The third-order valence-corrected chi connectivity index (χ3v) is 24.5. The van der Waals surface area contributed by atoms with E-state index in [2.05, 4.69) is 134 Å². The standard InChI is InChI=1S/C65H67N6O7PSi/c1-8-60(80(54-28-18-11-19-29-54,55-30-20-12-21-31-55)56-32-22-13-23-33-56)79(73,71(46(2)3)47(4)5)78-57-42-59(70-45-68-61-62(66-44-67-63(61)70)69-64(72)48-24-14-9-15-25-48)77-58(57)43-76-65(49-26-16-10-17-27-49,50-34-38-52(74-6)39-35-50)51-36-40-53(75-7)41-37-51/h8-41,44-47,57-59,73H,42-43H2,1-7H3/p+1/t57-,58+,59+,79?/m0/s1. The number of carbonyl (C=O) groups is 1. The van der Waals surface area contributed by atoms with E-state index in [1.54, 1.807) is 32.7 Å². The summed E-state index contributed by atoms with van der Waals surface area (Å²) in [4.78, 5) is 43.2. The molecule has 10 rings (SSSR count). The Morgan fingerprint density at radius 3 is 1.65 bits per heavy atom. The molecule has 0 aliphatic carbocycles. The van der Waals surface area contributed by atoms with Crippen molar-refractivity contribution in [3.05, 3.63) is 246 Å². The van der Waals surface area contributed by atoms with Crippen molar-refractivity contribution in [3.63, 3.8) is 0 Å². The van der Waals surface area contributed by atoms with Crippen LogP contribution >= 0.6 is 7.87 Å². The average Bonchev–Trinajstić information content (AvgIpc) is 4.13. The van der Waals surface area contributed by atoms with Crippen molar-refractivity contribution in [2.75, 3.05) is 26.1 Å². The number of nitrogens with one attached hydrogen (secondary N) is 1. The van der Waals surface area contributed by atoms with Gasteiger partial charge in [-0.1, -0.05) is 164 Å². The van der Waals surface area contributed by atoms with Crippen LogP contribution < -0.4 is 30.4 Å². The summed E-state index contributed by atoms with van der Waals surface area (Å²) >= 11 is 0. The minimum absolute atomic E-state index is 0.0126. The first-order valence-electron chi connectivity index (χ1n) is 27.1. The summed E-state index contributed by atoms with van der Waals surface area (Å²) in [5.74, 6) is 1.32. The Bertz CT molecular complexity index is 3350. The number of methoxy groups -OCH3 is 2. The van der Waals surface area contributed by atoms with E-state index in [0.29, 0.717) is 28.2 Å². The Morgan fingerprint density at radius 2 is 1.18 bits per heavy atom. The number of hydrogen-bond donors (Lipinski definition) is 2. The molecule has 1 aliphatic heterocycles.